The smallest absolute Gasteiger partial charge is 0.0605 e. The van der Waals surface area contributed by atoms with E-state index in [4.69, 9.17) is 5.21 Å². The third-order valence-corrected chi connectivity index (χ3v) is 2.87. The highest BCUT2D eigenvalue weighted by molar-refractivity contribution is 5.47. The molecular formula is C11H16N2O. The number of hydrogen-bond donors (Lipinski definition) is 2. The van der Waals surface area contributed by atoms with Crippen LogP contribution in [-0.4, -0.2) is 23.2 Å². The molecular weight excluding hydrogens is 176 g/mol. The minimum Gasteiger partial charge on any atom is -0.299 e. The van der Waals surface area contributed by atoms with Gasteiger partial charge in [0.2, 0.25) is 0 Å². The molecule has 0 saturated carbocycles. The van der Waals surface area contributed by atoms with Gasteiger partial charge >= 0.3 is 0 Å². The van der Waals surface area contributed by atoms with E-state index in [-0.39, 0.29) is 0 Å². The molecule has 1 aromatic rings. The lowest BCUT2D eigenvalue weighted by Crippen LogP contribution is -2.30. The number of nitrogens with one attached hydrogen (secondary N) is 1. The Morgan fingerprint density at radius 1 is 1.43 bits per heavy atom. The molecule has 14 heavy (non-hydrogen) atoms. The molecule has 2 rings (SSSR count). The van der Waals surface area contributed by atoms with Crippen molar-refractivity contribution in [1.82, 2.24) is 4.90 Å². The zero-order chi connectivity index (χ0) is 9.97. The lowest BCUT2D eigenvalue weighted by Gasteiger charge is -2.27. The van der Waals surface area contributed by atoms with E-state index in [0.29, 0.717) is 0 Å². The Morgan fingerprint density at radius 2 is 2.29 bits per heavy atom. The number of rotatable bonds is 2. The summed E-state index contributed by atoms with van der Waals surface area (Å²) >= 11 is 0. The molecule has 0 bridgehead atoms. The molecule has 1 heterocycles. The summed E-state index contributed by atoms with van der Waals surface area (Å²) < 4.78 is 0. The monoisotopic (exact) mass is 192 g/mol. The summed E-state index contributed by atoms with van der Waals surface area (Å²) in [5.41, 5.74) is 5.71. The average Bonchev–Trinajstić information content (AvgIpc) is 2.27. The Labute approximate surface area is 84.3 Å². The molecule has 0 radical (unpaired) electrons. The number of nitrogens with zero attached hydrogens (tertiary/aromatic N) is 1. The summed E-state index contributed by atoms with van der Waals surface area (Å²) in [4.78, 5) is 2.41. The fourth-order valence-corrected chi connectivity index (χ4v) is 1.95. The Hall–Kier alpha value is -1.06. The standard InChI is InChI=1S/C11H16N2O/c1-2-13-6-5-9-3-4-11(12-14)7-10(9)8-13/h3-4,7,12,14H,2,5-6,8H2,1H3. The first kappa shape index (κ1) is 9.49. The summed E-state index contributed by atoms with van der Waals surface area (Å²) in [6, 6.07) is 6.04. The van der Waals surface area contributed by atoms with Gasteiger partial charge in [0.05, 0.1) is 5.69 Å². The van der Waals surface area contributed by atoms with Gasteiger partial charge in [0.25, 0.3) is 0 Å². The molecule has 0 fully saturated rings. The van der Waals surface area contributed by atoms with Gasteiger partial charge in [-0.1, -0.05) is 13.0 Å². The van der Waals surface area contributed by atoms with Gasteiger partial charge in [-0.2, -0.15) is 0 Å². The van der Waals surface area contributed by atoms with Crippen molar-refractivity contribution in [2.75, 3.05) is 18.6 Å². The van der Waals surface area contributed by atoms with Crippen molar-refractivity contribution in [3.8, 4) is 0 Å². The molecule has 1 aliphatic heterocycles. The molecule has 0 unspecified atom stereocenters. The summed E-state index contributed by atoms with van der Waals surface area (Å²) in [6.07, 6.45) is 1.12. The Morgan fingerprint density at radius 3 is 3.00 bits per heavy atom. The van der Waals surface area contributed by atoms with Crippen LogP contribution in [0.1, 0.15) is 18.1 Å². The molecule has 3 nitrogen and oxygen atoms in total. The molecule has 0 aromatic heterocycles. The van der Waals surface area contributed by atoms with Crippen LogP contribution in [0, 0.1) is 0 Å². The van der Waals surface area contributed by atoms with Gasteiger partial charge in [-0.25, -0.2) is 0 Å². The van der Waals surface area contributed by atoms with E-state index in [9.17, 15) is 0 Å². The van der Waals surface area contributed by atoms with Gasteiger partial charge in [-0.05, 0) is 36.2 Å². The van der Waals surface area contributed by atoms with Crippen LogP contribution in [0.4, 0.5) is 5.69 Å². The van der Waals surface area contributed by atoms with Gasteiger partial charge in [0.1, 0.15) is 0 Å². The predicted octanol–water partition coefficient (Wildman–Crippen LogP) is 1.87. The summed E-state index contributed by atoms with van der Waals surface area (Å²) in [6.45, 7) is 5.42. The second-order valence-corrected chi connectivity index (χ2v) is 3.71. The Bertz CT molecular complexity index is 325. The van der Waals surface area contributed by atoms with Crippen molar-refractivity contribution in [2.24, 2.45) is 0 Å². The van der Waals surface area contributed by atoms with E-state index >= 15 is 0 Å². The largest absolute Gasteiger partial charge is 0.299 e. The van der Waals surface area contributed by atoms with Crippen LogP contribution < -0.4 is 5.48 Å². The Balaban J connectivity index is 2.25. The number of fused-ring (bicyclic) bond motifs is 1. The van der Waals surface area contributed by atoms with Crippen LogP contribution in [0.2, 0.25) is 0 Å². The highest BCUT2D eigenvalue weighted by Crippen LogP contribution is 2.21. The molecule has 1 aromatic carbocycles. The number of hydrogen-bond acceptors (Lipinski definition) is 3. The van der Waals surface area contributed by atoms with Crippen molar-refractivity contribution in [3.63, 3.8) is 0 Å². The topological polar surface area (TPSA) is 35.5 Å². The minimum absolute atomic E-state index is 0.779. The number of likely N-dealkylation sites (N-methyl/N-ethyl adjacent to an activating group) is 1. The van der Waals surface area contributed by atoms with Gasteiger partial charge < -0.3 is 0 Å². The predicted molar refractivity (Wildman–Crippen MR) is 56.5 cm³/mol. The molecule has 0 spiro atoms. The second kappa shape index (κ2) is 3.98. The van der Waals surface area contributed by atoms with Gasteiger partial charge in [-0.15, -0.1) is 0 Å². The van der Waals surface area contributed by atoms with E-state index in [1.165, 1.54) is 11.1 Å². The molecule has 0 aliphatic carbocycles. The normalized spacial score (nSPS) is 16.4. The van der Waals surface area contributed by atoms with Crippen LogP contribution in [0.25, 0.3) is 0 Å². The lowest BCUT2D eigenvalue weighted by atomic mass is 9.99. The summed E-state index contributed by atoms with van der Waals surface area (Å²) in [5, 5.41) is 8.80. The first-order chi connectivity index (χ1) is 6.83. The number of benzene rings is 1. The van der Waals surface area contributed by atoms with Crippen molar-refractivity contribution in [3.05, 3.63) is 29.3 Å². The summed E-state index contributed by atoms with van der Waals surface area (Å²) in [5.74, 6) is 0. The highest BCUT2D eigenvalue weighted by atomic mass is 16.5. The average molecular weight is 192 g/mol. The van der Waals surface area contributed by atoms with Crippen molar-refractivity contribution in [2.45, 2.75) is 19.9 Å². The zero-order valence-electron chi connectivity index (χ0n) is 8.45. The fourth-order valence-electron chi connectivity index (χ4n) is 1.95. The van der Waals surface area contributed by atoms with Crippen LogP contribution >= 0.6 is 0 Å². The highest BCUT2D eigenvalue weighted by Gasteiger charge is 2.14. The van der Waals surface area contributed by atoms with Crippen molar-refractivity contribution < 1.29 is 5.21 Å². The van der Waals surface area contributed by atoms with Crippen molar-refractivity contribution >= 4 is 5.69 Å². The maximum atomic E-state index is 8.80. The van der Waals surface area contributed by atoms with E-state index in [1.807, 2.05) is 12.1 Å². The summed E-state index contributed by atoms with van der Waals surface area (Å²) in [7, 11) is 0. The third kappa shape index (κ3) is 1.74. The number of anilines is 1. The van der Waals surface area contributed by atoms with E-state index in [0.717, 1.165) is 31.7 Å². The van der Waals surface area contributed by atoms with Crippen LogP contribution in [0.3, 0.4) is 0 Å². The maximum Gasteiger partial charge on any atom is 0.0605 e. The van der Waals surface area contributed by atoms with Gasteiger partial charge in [-0.3, -0.25) is 15.6 Å². The van der Waals surface area contributed by atoms with Crippen LogP contribution in [0.15, 0.2) is 18.2 Å². The van der Waals surface area contributed by atoms with Gasteiger partial charge in [0.15, 0.2) is 0 Å². The molecule has 0 amide bonds. The molecule has 2 N–H and O–H groups in total. The van der Waals surface area contributed by atoms with E-state index in [2.05, 4.69) is 23.4 Å². The Kier molecular flexibility index (Phi) is 2.70. The molecule has 0 saturated heterocycles. The SMILES string of the molecule is CCN1CCc2ccc(NO)cc2C1. The van der Waals surface area contributed by atoms with Gasteiger partial charge in [0, 0.05) is 13.1 Å². The van der Waals surface area contributed by atoms with E-state index < -0.39 is 0 Å². The quantitative estimate of drug-likeness (QED) is 0.702. The maximum absolute atomic E-state index is 8.80. The fraction of sp³-hybridized carbons (Fsp3) is 0.455. The van der Waals surface area contributed by atoms with Crippen LogP contribution in [-0.2, 0) is 13.0 Å². The molecule has 1 aliphatic rings. The van der Waals surface area contributed by atoms with Crippen molar-refractivity contribution in [1.29, 1.82) is 0 Å². The second-order valence-electron chi connectivity index (χ2n) is 3.71. The minimum atomic E-state index is 0.779. The zero-order valence-corrected chi connectivity index (χ0v) is 8.45. The lowest BCUT2D eigenvalue weighted by molar-refractivity contribution is 0.268. The molecule has 0 atom stereocenters. The first-order valence-electron chi connectivity index (χ1n) is 5.07. The third-order valence-electron chi connectivity index (χ3n) is 2.87. The van der Waals surface area contributed by atoms with Crippen LogP contribution in [0.5, 0.6) is 0 Å². The van der Waals surface area contributed by atoms with E-state index in [1.54, 1.807) is 0 Å². The molecule has 3 heteroatoms. The molecule has 76 valence electrons. The first-order valence-corrected chi connectivity index (χ1v) is 5.07.